The maximum absolute atomic E-state index is 9.37. The van der Waals surface area contributed by atoms with E-state index in [1.54, 1.807) is 13.8 Å². The minimum atomic E-state index is -0.745. The van der Waals surface area contributed by atoms with E-state index in [0.29, 0.717) is 0 Å². The molecule has 0 saturated heterocycles. The molecule has 0 heterocycles. The van der Waals surface area contributed by atoms with Crippen LogP contribution in [0.5, 0.6) is 0 Å². The first-order valence-corrected chi connectivity index (χ1v) is 3.48. The summed E-state index contributed by atoms with van der Waals surface area (Å²) in [6.07, 6.45) is 0.444. The van der Waals surface area contributed by atoms with E-state index in [1.165, 1.54) is 0 Å². The van der Waals surface area contributed by atoms with Gasteiger partial charge in [-0.05, 0) is 0 Å². The van der Waals surface area contributed by atoms with E-state index in [9.17, 15) is 9.59 Å². The Balaban J connectivity index is -0.0000000292. The molecule has 0 rings (SSSR count). The van der Waals surface area contributed by atoms with Crippen molar-refractivity contribution in [3.8, 4) is 0 Å². The maximum atomic E-state index is 9.37. The molecule has 0 aliphatic heterocycles. The third-order valence-corrected chi connectivity index (χ3v) is 0.605. The number of carboxylic acid groups (broad SMARTS) is 2. The number of carbonyl (C=O) groups is 2. The molecule has 6 heteroatoms. The number of carboxylic acids is 2. The van der Waals surface area contributed by atoms with Crippen molar-refractivity contribution in [2.75, 3.05) is 0 Å². The first-order valence-electron chi connectivity index (χ1n) is 3.48. The Hall–Kier alpha value is -1.40. The summed E-state index contributed by atoms with van der Waals surface area (Å²) in [5.41, 5.74) is 0. The van der Waals surface area contributed by atoms with Crippen molar-refractivity contribution in [2.45, 2.75) is 26.7 Å². The largest absolute Gasteiger partial charge is 0.481 e. The van der Waals surface area contributed by atoms with E-state index in [-0.39, 0.29) is 25.1 Å². The predicted molar refractivity (Wildman–Crippen MR) is 57.2 cm³/mol. The van der Waals surface area contributed by atoms with Gasteiger partial charge in [-0.25, -0.2) is 0 Å². The fourth-order valence-corrected chi connectivity index (χ4v) is 0. The molecule has 0 spiro atoms. The van der Waals surface area contributed by atoms with Crippen LogP contribution >= 0.6 is 0 Å². The molecule has 0 aliphatic rings. The highest BCUT2D eigenvalue weighted by molar-refractivity contribution is 5.66. The number of aliphatic carboxylic acids is 2. The van der Waals surface area contributed by atoms with Gasteiger partial charge in [0.25, 0.3) is 0 Å². The second-order valence-electron chi connectivity index (χ2n) is 1.49. The van der Waals surface area contributed by atoms with Gasteiger partial charge in [0, 0.05) is 12.8 Å². The SMILES string of the molecule is C=C.CCC(=O)O.CCC(=O)O.N.N. The lowest BCUT2D eigenvalue weighted by Crippen LogP contribution is -1.86. The molecule has 0 atom stereocenters. The molecular weight excluding hydrogens is 188 g/mol. The van der Waals surface area contributed by atoms with Gasteiger partial charge in [0.2, 0.25) is 0 Å². The third kappa shape index (κ3) is 145. The van der Waals surface area contributed by atoms with Gasteiger partial charge in [-0.2, -0.15) is 0 Å². The summed E-state index contributed by atoms with van der Waals surface area (Å²) in [6.45, 7) is 9.20. The van der Waals surface area contributed by atoms with E-state index in [0.717, 1.165) is 0 Å². The van der Waals surface area contributed by atoms with E-state index < -0.39 is 11.9 Å². The van der Waals surface area contributed by atoms with Crippen LogP contribution in [0.15, 0.2) is 13.2 Å². The van der Waals surface area contributed by atoms with E-state index in [2.05, 4.69) is 13.2 Å². The first-order chi connectivity index (χ1) is 5.54. The van der Waals surface area contributed by atoms with Crippen LogP contribution in [0.25, 0.3) is 0 Å². The lowest BCUT2D eigenvalue weighted by molar-refractivity contribution is -0.137. The molecule has 8 N–H and O–H groups in total. The van der Waals surface area contributed by atoms with Gasteiger partial charge < -0.3 is 22.5 Å². The Kier molecular flexibility index (Phi) is 62.7. The van der Waals surface area contributed by atoms with E-state index in [4.69, 9.17) is 10.2 Å². The van der Waals surface area contributed by atoms with Crippen LogP contribution in [0.3, 0.4) is 0 Å². The van der Waals surface area contributed by atoms with E-state index in [1.807, 2.05) is 0 Å². The molecule has 0 saturated carbocycles. The first kappa shape index (κ1) is 29.4. The quantitative estimate of drug-likeness (QED) is 0.513. The zero-order valence-electron chi connectivity index (χ0n) is 8.95. The summed E-state index contributed by atoms with van der Waals surface area (Å²) < 4.78 is 0. The Bertz CT molecular complexity index is 115. The highest BCUT2D eigenvalue weighted by Gasteiger charge is 1.81. The van der Waals surface area contributed by atoms with Crippen molar-refractivity contribution >= 4 is 11.9 Å². The van der Waals surface area contributed by atoms with Gasteiger partial charge >= 0.3 is 11.9 Å². The molecule has 0 unspecified atom stereocenters. The van der Waals surface area contributed by atoms with Crippen LogP contribution < -0.4 is 12.3 Å². The van der Waals surface area contributed by atoms with Gasteiger partial charge in [0.1, 0.15) is 0 Å². The predicted octanol–water partition coefficient (Wildman–Crippen LogP) is 2.09. The average molecular weight is 210 g/mol. The van der Waals surface area contributed by atoms with Crippen molar-refractivity contribution in [1.82, 2.24) is 12.3 Å². The molecule has 0 amide bonds. The summed E-state index contributed by atoms with van der Waals surface area (Å²) in [7, 11) is 0. The molecule has 0 radical (unpaired) electrons. The molecule has 0 fully saturated rings. The van der Waals surface area contributed by atoms with Gasteiger partial charge in [0.05, 0.1) is 0 Å². The zero-order valence-corrected chi connectivity index (χ0v) is 8.95. The normalized spacial score (nSPS) is 5.57. The fraction of sp³-hybridized carbons (Fsp3) is 0.500. The van der Waals surface area contributed by atoms with Crippen molar-refractivity contribution in [3.05, 3.63) is 13.2 Å². The molecule has 88 valence electrons. The second-order valence-corrected chi connectivity index (χ2v) is 1.49. The van der Waals surface area contributed by atoms with Crippen LogP contribution in [0.1, 0.15) is 26.7 Å². The molecular formula is C8H22N2O4. The topological polar surface area (TPSA) is 145 Å². The van der Waals surface area contributed by atoms with Crippen LogP contribution in [0.4, 0.5) is 0 Å². The second kappa shape index (κ2) is 29.9. The standard InChI is InChI=1S/2C3H6O2.C2H4.2H3N/c2*1-2-3(4)5;1-2;;/h2*2H2,1H3,(H,4,5);1-2H2;2*1H3. The molecule has 0 aromatic heterocycles. The van der Waals surface area contributed by atoms with Crippen LogP contribution in [-0.4, -0.2) is 22.2 Å². The van der Waals surface area contributed by atoms with Crippen molar-refractivity contribution < 1.29 is 19.8 Å². The Morgan fingerprint density at radius 3 is 1.00 bits per heavy atom. The molecule has 6 nitrogen and oxygen atoms in total. The minimum absolute atomic E-state index is 0. The molecule has 0 bridgehead atoms. The zero-order chi connectivity index (χ0) is 10.6. The number of hydrogen-bond donors (Lipinski definition) is 4. The molecule has 14 heavy (non-hydrogen) atoms. The summed E-state index contributed by atoms with van der Waals surface area (Å²) in [6, 6.07) is 0. The maximum Gasteiger partial charge on any atom is 0.303 e. The highest BCUT2D eigenvalue weighted by Crippen LogP contribution is 1.67. The summed E-state index contributed by atoms with van der Waals surface area (Å²) in [5, 5.41) is 15.4. The Morgan fingerprint density at radius 2 is 1.00 bits per heavy atom. The van der Waals surface area contributed by atoms with Gasteiger partial charge in [0.15, 0.2) is 0 Å². The van der Waals surface area contributed by atoms with E-state index >= 15 is 0 Å². The van der Waals surface area contributed by atoms with Crippen molar-refractivity contribution in [3.63, 3.8) is 0 Å². The smallest absolute Gasteiger partial charge is 0.303 e. The summed E-state index contributed by atoms with van der Waals surface area (Å²) in [4.78, 5) is 18.7. The molecule has 0 aromatic rings. The van der Waals surface area contributed by atoms with Crippen LogP contribution in [-0.2, 0) is 9.59 Å². The number of rotatable bonds is 2. The van der Waals surface area contributed by atoms with Crippen molar-refractivity contribution in [2.24, 2.45) is 0 Å². The summed E-state index contributed by atoms with van der Waals surface area (Å²) >= 11 is 0. The minimum Gasteiger partial charge on any atom is -0.481 e. The van der Waals surface area contributed by atoms with Gasteiger partial charge in [-0.15, -0.1) is 13.2 Å². The molecule has 0 aromatic carbocycles. The van der Waals surface area contributed by atoms with Crippen molar-refractivity contribution in [1.29, 1.82) is 0 Å². The highest BCUT2D eigenvalue weighted by atomic mass is 16.4. The average Bonchev–Trinajstić information content (AvgIpc) is 2.09. The third-order valence-electron chi connectivity index (χ3n) is 0.605. The fourth-order valence-electron chi connectivity index (χ4n) is 0. The lowest BCUT2D eigenvalue weighted by atomic mass is 10.5. The van der Waals surface area contributed by atoms with Crippen LogP contribution in [0.2, 0.25) is 0 Å². The Labute approximate surface area is 84.8 Å². The number of hydrogen-bond acceptors (Lipinski definition) is 4. The van der Waals surface area contributed by atoms with Crippen LogP contribution in [0, 0.1) is 0 Å². The monoisotopic (exact) mass is 210 g/mol. The van der Waals surface area contributed by atoms with Gasteiger partial charge in [-0.1, -0.05) is 13.8 Å². The molecule has 0 aliphatic carbocycles. The summed E-state index contributed by atoms with van der Waals surface area (Å²) in [5.74, 6) is -1.49. The van der Waals surface area contributed by atoms with Gasteiger partial charge in [-0.3, -0.25) is 9.59 Å². The Morgan fingerprint density at radius 1 is 0.929 bits per heavy atom. The lowest BCUT2D eigenvalue weighted by Gasteiger charge is -1.71.